The molecule has 0 aliphatic heterocycles. The van der Waals surface area contributed by atoms with E-state index in [0.717, 1.165) is 0 Å². The molecule has 0 aliphatic rings. The van der Waals surface area contributed by atoms with Crippen LogP contribution in [0.3, 0.4) is 0 Å². The molecule has 8 heteroatoms. The predicted molar refractivity (Wildman–Crippen MR) is 83.1 cm³/mol. The van der Waals surface area contributed by atoms with Gasteiger partial charge in [-0.3, -0.25) is 4.68 Å². The van der Waals surface area contributed by atoms with Crippen molar-refractivity contribution in [3.8, 4) is 11.8 Å². The zero-order valence-electron chi connectivity index (χ0n) is 13.3. The van der Waals surface area contributed by atoms with Crippen LogP contribution in [-0.2, 0) is 11.3 Å². The number of nitrogen functional groups attached to an aromatic ring is 1. The van der Waals surface area contributed by atoms with Crippen molar-refractivity contribution < 1.29 is 9.53 Å². The van der Waals surface area contributed by atoms with Crippen molar-refractivity contribution in [2.75, 3.05) is 5.73 Å². The van der Waals surface area contributed by atoms with Gasteiger partial charge in [0.15, 0.2) is 5.69 Å². The third-order valence-corrected chi connectivity index (χ3v) is 2.51. The number of carbonyl (C=O) groups is 1. The molecule has 0 spiro atoms. The number of esters is 1. The van der Waals surface area contributed by atoms with Crippen LogP contribution in [0.15, 0.2) is 18.3 Å². The van der Waals surface area contributed by atoms with Gasteiger partial charge in [0, 0.05) is 6.42 Å². The number of nitrogens with zero attached hydrogens (tertiary/aromatic N) is 5. The molecule has 120 valence electrons. The van der Waals surface area contributed by atoms with E-state index in [9.17, 15) is 4.79 Å². The molecule has 0 bridgehead atoms. The molecule has 0 amide bonds. The van der Waals surface area contributed by atoms with Gasteiger partial charge in [0.1, 0.15) is 17.1 Å². The molecular formula is C15H18N6O2. The summed E-state index contributed by atoms with van der Waals surface area (Å²) in [6, 6.07) is 3.34. The number of ether oxygens (including phenoxy) is 1. The molecule has 2 aromatic rings. The molecule has 0 atom stereocenters. The molecule has 0 fully saturated rings. The number of aromatic nitrogens is 5. The van der Waals surface area contributed by atoms with Crippen LogP contribution in [0.5, 0.6) is 0 Å². The van der Waals surface area contributed by atoms with Crippen molar-refractivity contribution in [2.24, 2.45) is 0 Å². The maximum atomic E-state index is 11.8. The molecule has 8 nitrogen and oxygen atoms in total. The van der Waals surface area contributed by atoms with Crippen LogP contribution in [0.2, 0.25) is 0 Å². The highest BCUT2D eigenvalue weighted by Gasteiger charge is 2.20. The highest BCUT2D eigenvalue weighted by molar-refractivity contribution is 5.87. The van der Waals surface area contributed by atoms with Crippen LogP contribution in [0.1, 0.15) is 43.4 Å². The van der Waals surface area contributed by atoms with Gasteiger partial charge >= 0.3 is 5.97 Å². The maximum Gasteiger partial charge on any atom is 0.361 e. The van der Waals surface area contributed by atoms with E-state index in [-0.39, 0.29) is 5.69 Å². The van der Waals surface area contributed by atoms with Crippen LogP contribution in [0.4, 0.5) is 5.82 Å². The Morgan fingerprint density at radius 3 is 2.74 bits per heavy atom. The second kappa shape index (κ2) is 6.87. The smallest absolute Gasteiger partial charge is 0.361 e. The molecule has 2 rings (SSSR count). The highest BCUT2D eigenvalue weighted by Crippen LogP contribution is 2.10. The van der Waals surface area contributed by atoms with Crippen molar-refractivity contribution in [1.29, 1.82) is 0 Å². The minimum absolute atomic E-state index is 0.178. The third kappa shape index (κ3) is 5.39. The van der Waals surface area contributed by atoms with E-state index in [1.807, 2.05) is 0 Å². The molecule has 0 aromatic carbocycles. The Bertz CT molecular complexity index is 734. The van der Waals surface area contributed by atoms with Gasteiger partial charge < -0.3 is 10.5 Å². The quantitative estimate of drug-likeness (QED) is 0.666. The fourth-order valence-corrected chi connectivity index (χ4v) is 1.56. The third-order valence-electron chi connectivity index (χ3n) is 2.51. The normalized spacial score (nSPS) is 10.7. The second-order valence-corrected chi connectivity index (χ2v) is 5.76. The van der Waals surface area contributed by atoms with Gasteiger partial charge in [-0.1, -0.05) is 11.1 Å². The summed E-state index contributed by atoms with van der Waals surface area (Å²) in [6.45, 7) is 5.90. The zero-order chi connectivity index (χ0) is 16.9. The summed E-state index contributed by atoms with van der Waals surface area (Å²) in [6.07, 6.45) is 2.07. The molecule has 0 saturated heterocycles. The summed E-state index contributed by atoms with van der Waals surface area (Å²) < 4.78 is 6.77. The summed E-state index contributed by atoms with van der Waals surface area (Å²) in [5.41, 5.74) is 5.61. The standard InChI is InChI=1S/C15H18N6O2/c1-15(2,3)23-14(22)12-10-21(20-18-12)9-5-4-6-11-7-8-13(16)19-17-11/h7-8,10H,5,9H2,1-3H3,(H2,16,19). The van der Waals surface area contributed by atoms with Crippen molar-refractivity contribution >= 4 is 11.8 Å². The van der Waals surface area contributed by atoms with E-state index in [2.05, 4.69) is 32.4 Å². The molecule has 0 radical (unpaired) electrons. The summed E-state index contributed by atoms with van der Waals surface area (Å²) in [5, 5.41) is 15.2. The second-order valence-electron chi connectivity index (χ2n) is 5.76. The summed E-state index contributed by atoms with van der Waals surface area (Å²) in [7, 11) is 0. The molecule has 0 unspecified atom stereocenters. The Kier molecular flexibility index (Phi) is 4.91. The number of anilines is 1. The Labute approximate surface area is 134 Å². The molecule has 2 N–H and O–H groups in total. The minimum atomic E-state index is -0.563. The Hall–Kier alpha value is -2.95. The molecule has 2 aromatic heterocycles. The van der Waals surface area contributed by atoms with Crippen LogP contribution in [-0.4, -0.2) is 36.8 Å². The van der Waals surface area contributed by atoms with Crippen molar-refractivity contribution in [2.45, 2.75) is 39.3 Å². The largest absolute Gasteiger partial charge is 0.455 e. The van der Waals surface area contributed by atoms with Crippen molar-refractivity contribution in [3.63, 3.8) is 0 Å². The summed E-state index contributed by atoms with van der Waals surface area (Å²) in [5.74, 6) is 5.68. The number of aryl methyl sites for hydroxylation is 1. The number of rotatable bonds is 3. The van der Waals surface area contributed by atoms with Gasteiger partial charge in [0.25, 0.3) is 0 Å². The first-order valence-electron chi connectivity index (χ1n) is 7.05. The van der Waals surface area contributed by atoms with Crippen molar-refractivity contribution in [3.05, 3.63) is 29.7 Å². The molecule has 2 heterocycles. The first-order chi connectivity index (χ1) is 10.8. The molecule has 23 heavy (non-hydrogen) atoms. The van der Waals surface area contributed by atoms with Gasteiger partial charge in [0.05, 0.1) is 12.7 Å². The fourth-order valence-electron chi connectivity index (χ4n) is 1.56. The van der Waals surface area contributed by atoms with E-state index in [4.69, 9.17) is 10.5 Å². The van der Waals surface area contributed by atoms with E-state index < -0.39 is 11.6 Å². The van der Waals surface area contributed by atoms with Gasteiger partial charge in [-0.25, -0.2) is 4.79 Å². The lowest BCUT2D eigenvalue weighted by Crippen LogP contribution is -2.24. The first-order valence-corrected chi connectivity index (χ1v) is 7.05. The summed E-state index contributed by atoms with van der Waals surface area (Å²) >= 11 is 0. The average molecular weight is 314 g/mol. The number of nitrogens with two attached hydrogens (primary N) is 1. The van der Waals surface area contributed by atoms with Crippen LogP contribution < -0.4 is 5.73 Å². The summed E-state index contributed by atoms with van der Waals surface area (Å²) in [4.78, 5) is 11.8. The molecule has 0 saturated carbocycles. The molecular weight excluding hydrogens is 296 g/mol. The van der Waals surface area contributed by atoms with E-state index >= 15 is 0 Å². The predicted octanol–water partition coefficient (Wildman–Crippen LogP) is 1.05. The average Bonchev–Trinajstić information content (AvgIpc) is 2.93. The van der Waals surface area contributed by atoms with E-state index in [0.29, 0.717) is 24.5 Å². The Morgan fingerprint density at radius 2 is 2.09 bits per heavy atom. The number of carbonyl (C=O) groups excluding carboxylic acids is 1. The van der Waals surface area contributed by atoms with Gasteiger partial charge in [-0.15, -0.1) is 15.3 Å². The minimum Gasteiger partial charge on any atom is -0.455 e. The Morgan fingerprint density at radius 1 is 1.30 bits per heavy atom. The fraction of sp³-hybridized carbons (Fsp3) is 0.400. The number of hydrogen-bond acceptors (Lipinski definition) is 7. The van der Waals surface area contributed by atoms with E-state index in [1.54, 1.807) is 43.8 Å². The maximum absolute atomic E-state index is 11.8. The molecule has 0 aliphatic carbocycles. The van der Waals surface area contributed by atoms with Crippen LogP contribution >= 0.6 is 0 Å². The van der Waals surface area contributed by atoms with E-state index in [1.165, 1.54) is 0 Å². The lowest BCUT2D eigenvalue weighted by molar-refractivity contribution is 0.00627. The topological polar surface area (TPSA) is 109 Å². The Balaban J connectivity index is 1.88. The van der Waals surface area contributed by atoms with Crippen molar-refractivity contribution in [1.82, 2.24) is 25.2 Å². The SMILES string of the molecule is CC(C)(C)OC(=O)c1cn(CCC#Cc2ccc(N)nn2)nn1. The van der Waals surface area contributed by atoms with Gasteiger partial charge in [-0.2, -0.15) is 0 Å². The van der Waals surface area contributed by atoms with Gasteiger partial charge in [-0.05, 0) is 38.8 Å². The van der Waals surface area contributed by atoms with Crippen LogP contribution in [0.25, 0.3) is 0 Å². The lowest BCUT2D eigenvalue weighted by Gasteiger charge is -2.18. The van der Waals surface area contributed by atoms with Crippen LogP contribution in [0, 0.1) is 11.8 Å². The monoisotopic (exact) mass is 314 g/mol. The number of hydrogen-bond donors (Lipinski definition) is 1. The lowest BCUT2D eigenvalue weighted by atomic mass is 10.2. The first kappa shape index (κ1) is 16.4. The van der Waals surface area contributed by atoms with Gasteiger partial charge in [0.2, 0.25) is 0 Å². The highest BCUT2D eigenvalue weighted by atomic mass is 16.6. The zero-order valence-corrected chi connectivity index (χ0v) is 13.3.